The van der Waals surface area contributed by atoms with Crippen LogP contribution in [0.4, 0.5) is 0 Å². The van der Waals surface area contributed by atoms with Gasteiger partial charge in [0, 0.05) is 6.42 Å². The monoisotopic (exact) mass is 229 g/mol. The van der Waals surface area contributed by atoms with Gasteiger partial charge in [0.15, 0.2) is 5.92 Å². The number of ether oxygens (including phenoxy) is 2. The van der Waals surface area contributed by atoms with Crippen LogP contribution in [0.3, 0.4) is 0 Å². The van der Waals surface area contributed by atoms with E-state index in [1.54, 1.807) is 0 Å². The van der Waals surface area contributed by atoms with Crippen molar-refractivity contribution < 1.29 is 28.7 Å². The minimum absolute atomic E-state index is 0.215. The molecule has 0 aromatic rings. The van der Waals surface area contributed by atoms with E-state index in [4.69, 9.17) is 0 Å². The summed E-state index contributed by atoms with van der Waals surface area (Å²) >= 11 is 0. The molecule has 1 N–H and O–H groups in total. The summed E-state index contributed by atoms with van der Waals surface area (Å²) in [5, 5.41) is 2.01. The first-order valence-corrected chi connectivity index (χ1v) is 4.50. The van der Waals surface area contributed by atoms with E-state index >= 15 is 0 Å². The van der Waals surface area contributed by atoms with E-state index in [0.717, 1.165) is 14.2 Å². The third-order valence-electron chi connectivity index (χ3n) is 2.32. The fraction of sp³-hybridized carbons (Fsp3) is 0.556. The summed E-state index contributed by atoms with van der Waals surface area (Å²) in [6.45, 7) is 0. The number of hydrogen-bond acceptors (Lipinski definition) is 6. The fourth-order valence-corrected chi connectivity index (χ4v) is 1.52. The summed E-state index contributed by atoms with van der Waals surface area (Å²) in [5.41, 5.74) is 0. The first-order chi connectivity index (χ1) is 7.51. The van der Waals surface area contributed by atoms with Crippen molar-refractivity contribution in [3.05, 3.63) is 0 Å². The number of imide groups is 1. The summed E-state index contributed by atoms with van der Waals surface area (Å²) < 4.78 is 8.80. The maximum absolute atomic E-state index is 11.3. The number of hydrogen-bond donors (Lipinski definition) is 1. The summed E-state index contributed by atoms with van der Waals surface area (Å²) in [7, 11) is 2.18. The van der Waals surface area contributed by atoms with Gasteiger partial charge >= 0.3 is 11.9 Å². The summed E-state index contributed by atoms with van der Waals surface area (Å²) in [6.07, 6.45) is -0.215. The highest BCUT2D eigenvalue weighted by molar-refractivity contribution is 6.09. The molecule has 1 saturated heterocycles. The maximum Gasteiger partial charge on any atom is 0.320 e. The highest BCUT2D eigenvalue weighted by Gasteiger charge is 2.45. The van der Waals surface area contributed by atoms with Crippen LogP contribution >= 0.6 is 0 Å². The number of esters is 2. The van der Waals surface area contributed by atoms with Crippen LogP contribution in [0, 0.1) is 11.8 Å². The predicted molar refractivity (Wildman–Crippen MR) is 48.8 cm³/mol. The average Bonchev–Trinajstić information content (AvgIpc) is 2.57. The quantitative estimate of drug-likeness (QED) is 0.363. The first kappa shape index (κ1) is 12.2. The van der Waals surface area contributed by atoms with Crippen molar-refractivity contribution in [1.82, 2.24) is 5.32 Å². The van der Waals surface area contributed by atoms with E-state index < -0.39 is 35.6 Å². The smallest absolute Gasteiger partial charge is 0.320 e. The maximum atomic E-state index is 11.3. The van der Waals surface area contributed by atoms with Gasteiger partial charge in [0.1, 0.15) is 0 Å². The van der Waals surface area contributed by atoms with Gasteiger partial charge in [0.25, 0.3) is 0 Å². The molecular formula is C9H11NO6. The lowest BCUT2D eigenvalue weighted by molar-refractivity contribution is -0.163. The van der Waals surface area contributed by atoms with E-state index in [9.17, 15) is 19.2 Å². The molecule has 1 heterocycles. The largest absolute Gasteiger partial charge is 0.468 e. The molecule has 1 rings (SSSR count). The molecule has 1 aliphatic heterocycles. The molecule has 16 heavy (non-hydrogen) atoms. The number of nitrogens with one attached hydrogen (secondary N) is 1. The molecule has 0 spiro atoms. The van der Waals surface area contributed by atoms with Gasteiger partial charge in [-0.05, 0) is 0 Å². The van der Waals surface area contributed by atoms with Crippen molar-refractivity contribution in [2.24, 2.45) is 11.8 Å². The average molecular weight is 229 g/mol. The molecule has 0 aromatic carbocycles. The van der Waals surface area contributed by atoms with Gasteiger partial charge in [-0.25, -0.2) is 0 Å². The lowest BCUT2D eigenvalue weighted by Gasteiger charge is -2.15. The lowest BCUT2D eigenvalue weighted by Crippen LogP contribution is -2.37. The molecule has 7 heteroatoms. The Kier molecular flexibility index (Phi) is 3.60. The third kappa shape index (κ3) is 2.18. The van der Waals surface area contributed by atoms with Crippen molar-refractivity contribution in [2.45, 2.75) is 6.42 Å². The van der Waals surface area contributed by atoms with Crippen molar-refractivity contribution in [1.29, 1.82) is 0 Å². The Balaban J connectivity index is 2.93. The Morgan fingerprint density at radius 3 is 2.06 bits per heavy atom. The summed E-state index contributed by atoms with van der Waals surface area (Å²) in [6, 6.07) is 0. The molecule has 1 fully saturated rings. The normalized spacial score (nSPS) is 19.6. The number of methoxy groups -OCH3 is 2. The molecule has 0 aromatic heterocycles. The van der Waals surface area contributed by atoms with Crippen LogP contribution in [0.2, 0.25) is 0 Å². The SMILES string of the molecule is COC(=O)C(C(=O)OC)[C@H]1CC(=O)NC1=O. The Morgan fingerprint density at radius 2 is 1.75 bits per heavy atom. The van der Waals surface area contributed by atoms with Gasteiger partial charge in [-0.1, -0.05) is 0 Å². The Labute approximate surface area is 91.1 Å². The highest BCUT2D eigenvalue weighted by atomic mass is 16.5. The van der Waals surface area contributed by atoms with Crippen LogP contribution in [-0.4, -0.2) is 38.0 Å². The third-order valence-corrected chi connectivity index (χ3v) is 2.32. The van der Waals surface area contributed by atoms with Crippen molar-refractivity contribution in [2.75, 3.05) is 14.2 Å². The van der Waals surface area contributed by atoms with E-state index in [-0.39, 0.29) is 6.42 Å². The molecule has 0 saturated carbocycles. The van der Waals surface area contributed by atoms with E-state index in [1.807, 2.05) is 5.32 Å². The molecule has 0 aliphatic carbocycles. The fourth-order valence-electron chi connectivity index (χ4n) is 1.52. The number of carbonyl (C=O) groups excluding carboxylic acids is 4. The minimum atomic E-state index is -1.39. The second-order valence-electron chi connectivity index (χ2n) is 3.25. The molecule has 2 amide bonds. The van der Waals surface area contributed by atoms with Crippen LogP contribution in [0.25, 0.3) is 0 Å². The lowest BCUT2D eigenvalue weighted by atomic mass is 9.91. The predicted octanol–water partition coefficient (Wildman–Crippen LogP) is -1.39. The zero-order valence-corrected chi connectivity index (χ0v) is 8.81. The van der Waals surface area contributed by atoms with Gasteiger partial charge in [-0.2, -0.15) is 0 Å². The van der Waals surface area contributed by atoms with Gasteiger partial charge in [0.2, 0.25) is 11.8 Å². The van der Waals surface area contributed by atoms with Crippen LogP contribution in [0.1, 0.15) is 6.42 Å². The van der Waals surface area contributed by atoms with Gasteiger partial charge in [-0.3, -0.25) is 24.5 Å². The zero-order valence-electron chi connectivity index (χ0n) is 8.81. The molecule has 88 valence electrons. The summed E-state index contributed by atoms with van der Waals surface area (Å²) in [5.74, 6) is -5.39. The molecule has 0 unspecified atom stereocenters. The molecule has 0 radical (unpaired) electrons. The second-order valence-corrected chi connectivity index (χ2v) is 3.25. The summed E-state index contributed by atoms with van der Waals surface area (Å²) in [4.78, 5) is 44.9. The van der Waals surface area contributed by atoms with Crippen LogP contribution in [0.15, 0.2) is 0 Å². The second kappa shape index (κ2) is 4.73. The molecule has 1 atom stereocenters. The van der Waals surface area contributed by atoms with Crippen molar-refractivity contribution in [3.8, 4) is 0 Å². The zero-order chi connectivity index (χ0) is 12.3. The van der Waals surface area contributed by atoms with Crippen molar-refractivity contribution >= 4 is 23.8 Å². The highest BCUT2D eigenvalue weighted by Crippen LogP contribution is 2.23. The van der Waals surface area contributed by atoms with Crippen LogP contribution < -0.4 is 5.32 Å². The number of rotatable bonds is 3. The minimum Gasteiger partial charge on any atom is -0.468 e. The van der Waals surface area contributed by atoms with E-state index in [1.165, 1.54) is 0 Å². The number of amides is 2. The van der Waals surface area contributed by atoms with E-state index in [0.29, 0.717) is 0 Å². The number of carbonyl (C=O) groups is 4. The molecule has 0 bridgehead atoms. The molecule has 1 aliphatic rings. The van der Waals surface area contributed by atoms with E-state index in [2.05, 4.69) is 9.47 Å². The standard InChI is InChI=1S/C9H11NO6/c1-15-8(13)6(9(14)16-2)4-3-5(11)10-7(4)12/h4,6H,3H2,1-2H3,(H,10,11,12)/t4-/m1/s1. The van der Waals surface area contributed by atoms with Crippen LogP contribution in [0.5, 0.6) is 0 Å². The first-order valence-electron chi connectivity index (χ1n) is 4.50. The molecular weight excluding hydrogens is 218 g/mol. The Morgan fingerprint density at radius 1 is 1.25 bits per heavy atom. The van der Waals surface area contributed by atoms with Gasteiger partial charge in [0.05, 0.1) is 20.1 Å². The molecule has 7 nitrogen and oxygen atoms in total. The Hall–Kier alpha value is -1.92. The van der Waals surface area contributed by atoms with Crippen molar-refractivity contribution in [3.63, 3.8) is 0 Å². The topological polar surface area (TPSA) is 98.8 Å². The van der Waals surface area contributed by atoms with Gasteiger partial charge < -0.3 is 9.47 Å². The van der Waals surface area contributed by atoms with Gasteiger partial charge in [-0.15, -0.1) is 0 Å². The van der Waals surface area contributed by atoms with Crippen LogP contribution in [-0.2, 0) is 28.7 Å². The Bertz CT molecular complexity index is 334.